The van der Waals surface area contributed by atoms with Crippen LogP contribution in [0.5, 0.6) is 0 Å². The van der Waals surface area contributed by atoms with Crippen LogP contribution in [0.3, 0.4) is 0 Å². The Labute approximate surface area is 140 Å². The fraction of sp³-hybridized carbons (Fsp3) is 0.625. The van der Waals surface area contributed by atoms with E-state index in [2.05, 4.69) is 20.3 Å². The Kier molecular flexibility index (Phi) is 5.14. The smallest absolute Gasteiger partial charge is 0.157 e. The zero-order valence-corrected chi connectivity index (χ0v) is 13.8. The molecule has 2 aliphatic heterocycles. The summed E-state index contributed by atoms with van der Waals surface area (Å²) in [4.78, 5) is 12.1. The number of ether oxygens (including phenoxy) is 1. The van der Waals surface area contributed by atoms with Gasteiger partial charge in [-0.1, -0.05) is 0 Å². The number of H-pyrrole nitrogens is 1. The summed E-state index contributed by atoms with van der Waals surface area (Å²) in [5.74, 6) is 0.778. The number of aromatic nitrogens is 3. The molecule has 2 N–H and O–H groups in total. The molecule has 5 nitrogen and oxygen atoms in total. The first kappa shape index (κ1) is 16.6. The van der Waals surface area contributed by atoms with Gasteiger partial charge >= 0.3 is 0 Å². The van der Waals surface area contributed by atoms with Gasteiger partial charge in [0.15, 0.2) is 5.65 Å². The molecule has 1 atom stereocenters. The summed E-state index contributed by atoms with van der Waals surface area (Å²) >= 11 is 0. The molecule has 4 heterocycles. The minimum absolute atomic E-state index is 0. The van der Waals surface area contributed by atoms with E-state index in [1.165, 1.54) is 6.20 Å². The molecule has 2 fully saturated rings. The molecular weight excluding hydrogens is 319 g/mol. The minimum Gasteiger partial charge on any atom is -0.370 e. The molecule has 0 aliphatic carbocycles. The Hall–Kier alpha value is -1.24. The number of hydrogen-bond acceptors (Lipinski definition) is 4. The first-order valence-electron chi connectivity index (χ1n) is 8.19. The summed E-state index contributed by atoms with van der Waals surface area (Å²) in [5.41, 5.74) is 2.10. The van der Waals surface area contributed by atoms with Crippen LogP contribution in [0.4, 0.5) is 4.39 Å². The lowest BCUT2D eigenvalue weighted by atomic mass is 9.90. The molecule has 23 heavy (non-hydrogen) atoms. The molecule has 4 rings (SSSR count). The van der Waals surface area contributed by atoms with Crippen molar-refractivity contribution >= 4 is 23.6 Å². The largest absolute Gasteiger partial charge is 0.370 e. The van der Waals surface area contributed by atoms with Gasteiger partial charge in [-0.3, -0.25) is 0 Å². The van der Waals surface area contributed by atoms with Crippen molar-refractivity contribution in [3.63, 3.8) is 0 Å². The van der Waals surface area contributed by atoms with E-state index < -0.39 is 0 Å². The third-order valence-corrected chi connectivity index (χ3v) is 4.75. The summed E-state index contributed by atoms with van der Waals surface area (Å²) in [7, 11) is 0. The van der Waals surface area contributed by atoms with Crippen LogP contribution in [0.25, 0.3) is 11.2 Å². The van der Waals surface area contributed by atoms with E-state index in [9.17, 15) is 4.39 Å². The Balaban J connectivity index is 0.00000156. The predicted octanol–water partition coefficient (Wildman–Crippen LogP) is 3.23. The van der Waals surface area contributed by atoms with Crippen molar-refractivity contribution in [2.24, 2.45) is 0 Å². The second-order valence-electron chi connectivity index (χ2n) is 6.22. The lowest BCUT2D eigenvalue weighted by Gasteiger charge is -2.23. The van der Waals surface area contributed by atoms with Crippen molar-refractivity contribution in [1.82, 2.24) is 20.3 Å². The molecule has 126 valence electrons. The third kappa shape index (κ3) is 3.20. The second-order valence-corrected chi connectivity index (χ2v) is 6.22. The van der Waals surface area contributed by atoms with Crippen LogP contribution in [0, 0.1) is 5.82 Å². The van der Waals surface area contributed by atoms with Gasteiger partial charge in [-0.15, -0.1) is 12.4 Å². The van der Waals surface area contributed by atoms with E-state index in [1.54, 1.807) is 0 Å². The molecule has 0 amide bonds. The number of nitrogens with zero attached hydrogens (tertiary/aromatic N) is 2. The Morgan fingerprint density at radius 2 is 2.00 bits per heavy atom. The number of aromatic amines is 1. The van der Waals surface area contributed by atoms with Crippen LogP contribution in [-0.2, 0) is 4.74 Å². The Bertz CT molecular complexity index is 665. The molecule has 2 saturated heterocycles. The summed E-state index contributed by atoms with van der Waals surface area (Å²) in [6, 6.07) is 0. The van der Waals surface area contributed by atoms with Gasteiger partial charge in [0.1, 0.15) is 23.3 Å². The van der Waals surface area contributed by atoms with Gasteiger partial charge in [0.25, 0.3) is 0 Å². The van der Waals surface area contributed by atoms with Gasteiger partial charge < -0.3 is 15.0 Å². The zero-order valence-electron chi connectivity index (χ0n) is 13.0. The molecule has 2 aliphatic rings. The predicted molar refractivity (Wildman–Crippen MR) is 88.5 cm³/mol. The van der Waals surface area contributed by atoms with Crippen LogP contribution in [0.1, 0.15) is 55.5 Å². The van der Waals surface area contributed by atoms with Gasteiger partial charge in [0.2, 0.25) is 0 Å². The van der Waals surface area contributed by atoms with E-state index in [4.69, 9.17) is 4.74 Å². The number of imidazole rings is 1. The van der Waals surface area contributed by atoms with E-state index in [-0.39, 0.29) is 30.2 Å². The highest BCUT2D eigenvalue weighted by Gasteiger charge is 2.26. The monoisotopic (exact) mass is 340 g/mol. The molecular formula is C16H22ClFN4O. The van der Waals surface area contributed by atoms with Crippen LogP contribution in [0.2, 0.25) is 0 Å². The number of piperidine rings is 1. The summed E-state index contributed by atoms with van der Waals surface area (Å²) < 4.78 is 20.2. The molecule has 2 aromatic heterocycles. The van der Waals surface area contributed by atoms with E-state index in [0.717, 1.165) is 63.2 Å². The van der Waals surface area contributed by atoms with Gasteiger partial charge in [0.05, 0.1) is 6.20 Å². The number of nitrogens with one attached hydrogen (secondary N) is 2. The molecule has 1 unspecified atom stereocenters. The van der Waals surface area contributed by atoms with Gasteiger partial charge in [-0.05, 0) is 51.1 Å². The van der Waals surface area contributed by atoms with Crippen LogP contribution in [0.15, 0.2) is 6.20 Å². The average Bonchev–Trinajstić information content (AvgIpc) is 3.00. The summed E-state index contributed by atoms with van der Waals surface area (Å²) in [6.07, 6.45) is 6.41. The highest BCUT2D eigenvalue weighted by Crippen LogP contribution is 2.34. The molecule has 0 aromatic carbocycles. The van der Waals surface area contributed by atoms with Gasteiger partial charge in [0, 0.05) is 12.2 Å². The van der Waals surface area contributed by atoms with Crippen molar-refractivity contribution in [2.75, 3.05) is 19.7 Å². The van der Waals surface area contributed by atoms with Crippen LogP contribution in [-0.4, -0.2) is 34.6 Å². The standard InChI is InChI=1S/C16H21FN4O.ClH/c17-11-9-19-16-14(13(11)10-4-6-18-7-5-10)20-15(21-16)12-3-1-2-8-22-12;/h9-10,12,18H,1-8H2,(H,19,20,21);1H. The maximum Gasteiger partial charge on any atom is 0.157 e. The zero-order chi connectivity index (χ0) is 14.9. The number of fused-ring (bicyclic) bond motifs is 1. The van der Waals surface area contributed by atoms with Crippen LogP contribution >= 0.6 is 12.4 Å². The number of halogens is 2. The maximum absolute atomic E-state index is 14.4. The maximum atomic E-state index is 14.4. The van der Waals surface area contributed by atoms with Crippen molar-refractivity contribution in [1.29, 1.82) is 0 Å². The third-order valence-electron chi connectivity index (χ3n) is 4.75. The topological polar surface area (TPSA) is 62.8 Å². The van der Waals surface area contributed by atoms with E-state index >= 15 is 0 Å². The normalized spacial score (nSPS) is 22.9. The molecule has 7 heteroatoms. The average molecular weight is 341 g/mol. The lowest BCUT2D eigenvalue weighted by Crippen LogP contribution is -2.27. The van der Waals surface area contributed by atoms with E-state index in [0.29, 0.717) is 11.2 Å². The Morgan fingerprint density at radius 1 is 1.17 bits per heavy atom. The molecule has 0 spiro atoms. The fourth-order valence-corrected chi connectivity index (χ4v) is 3.57. The van der Waals surface area contributed by atoms with E-state index in [1.807, 2.05) is 0 Å². The number of hydrogen-bond donors (Lipinski definition) is 2. The quantitative estimate of drug-likeness (QED) is 0.881. The second kappa shape index (κ2) is 7.11. The molecule has 2 aromatic rings. The number of rotatable bonds is 2. The number of pyridine rings is 1. The first-order chi connectivity index (χ1) is 10.8. The highest BCUT2D eigenvalue weighted by atomic mass is 35.5. The molecule has 0 bridgehead atoms. The summed E-state index contributed by atoms with van der Waals surface area (Å²) in [5, 5.41) is 3.32. The fourth-order valence-electron chi connectivity index (χ4n) is 3.57. The summed E-state index contributed by atoms with van der Waals surface area (Å²) in [6.45, 7) is 2.62. The molecule has 0 saturated carbocycles. The highest BCUT2D eigenvalue weighted by molar-refractivity contribution is 5.85. The Morgan fingerprint density at radius 3 is 2.74 bits per heavy atom. The van der Waals surface area contributed by atoms with Crippen LogP contribution < -0.4 is 5.32 Å². The van der Waals surface area contributed by atoms with Gasteiger partial charge in [-0.25, -0.2) is 14.4 Å². The SMILES string of the molecule is Cl.Fc1cnc2[nH]c(C3CCCCO3)nc2c1C1CCNCC1. The van der Waals surface area contributed by atoms with Crippen molar-refractivity contribution in [3.05, 3.63) is 23.4 Å². The van der Waals surface area contributed by atoms with Gasteiger partial charge in [-0.2, -0.15) is 0 Å². The molecule has 0 radical (unpaired) electrons. The first-order valence-corrected chi connectivity index (χ1v) is 8.19. The minimum atomic E-state index is -0.234. The van der Waals surface area contributed by atoms with Crippen molar-refractivity contribution in [2.45, 2.75) is 44.1 Å². The van der Waals surface area contributed by atoms with Crippen molar-refractivity contribution in [3.8, 4) is 0 Å². The lowest BCUT2D eigenvalue weighted by molar-refractivity contribution is 0.0101. The van der Waals surface area contributed by atoms with Crippen molar-refractivity contribution < 1.29 is 9.13 Å².